The molecular weight excluding hydrogens is 264 g/mol. The van der Waals surface area contributed by atoms with Gasteiger partial charge < -0.3 is 9.84 Å². The van der Waals surface area contributed by atoms with E-state index >= 15 is 0 Å². The van der Waals surface area contributed by atoms with Gasteiger partial charge in [0.15, 0.2) is 0 Å². The molecule has 0 spiro atoms. The highest BCUT2D eigenvalue weighted by molar-refractivity contribution is 6.33. The smallest absolute Gasteiger partial charge is 0.306 e. The Morgan fingerprint density at radius 3 is 2.79 bits per heavy atom. The number of carbonyl (C=O) groups is 1. The fourth-order valence-corrected chi connectivity index (χ4v) is 3.10. The molecule has 1 unspecified atom stereocenters. The normalized spacial score (nSPS) is 15.7. The van der Waals surface area contributed by atoms with Crippen LogP contribution >= 0.6 is 11.6 Å². The van der Waals surface area contributed by atoms with E-state index < -0.39 is 11.9 Å². The van der Waals surface area contributed by atoms with Gasteiger partial charge in [-0.2, -0.15) is 0 Å². The molecule has 2 rings (SSSR count). The molecule has 0 fully saturated rings. The number of rotatable bonds is 4. The van der Waals surface area contributed by atoms with Crippen LogP contribution in [-0.2, 0) is 24.1 Å². The number of aryl methyl sites for hydroxylation is 1. The van der Waals surface area contributed by atoms with Crippen LogP contribution < -0.4 is 4.74 Å². The van der Waals surface area contributed by atoms with Crippen molar-refractivity contribution >= 4 is 17.6 Å². The first-order chi connectivity index (χ1) is 9.04. The second-order valence-electron chi connectivity index (χ2n) is 5.17. The number of benzene rings is 1. The second kappa shape index (κ2) is 5.83. The molecule has 0 radical (unpaired) electrons. The largest absolute Gasteiger partial charge is 0.495 e. The lowest BCUT2D eigenvalue weighted by atomic mass is 9.88. The summed E-state index contributed by atoms with van der Waals surface area (Å²) < 4.78 is 5.40. The molecule has 1 aliphatic carbocycles. The van der Waals surface area contributed by atoms with Crippen LogP contribution in [0.1, 0.15) is 36.5 Å². The molecule has 0 amide bonds. The van der Waals surface area contributed by atoms with Crippen molar-refractivity contribution in [3.05, 3.63) is 27.8 Å². The van der Waals surface area contributed by atoms with Crippen LogP contribution in [0, 0.1) is 5.92 Å². The molecule has 0 heterocycles. The fraction of sp³-hybridized carbons (Fsp3) is 0.533. The summed E-state index contributed by atoms with van der Waals surface area (Å²) in [6, 6.07) is 2.08. The lowest BCUT2D eigenvalue weighted by Crippen LogP contribution is -2.14. The van der Waals surface area contributed by atoms with E-state index in [-0.39, 0.29) is 0 Å². The number of carboxylic acid groups (broad SMARTS) is 1. The van der Waals surface area contributed by atoms with E-state index in [4.69, 9.17) is 21.4 Å². The minimum absolute atomic E-state index is 0.438. The third kappa shape index (κ3) is 2.86. The van der Waals surface area contributed by atoms with Gasteiger partial charge in [-0.15, -0.1) is 0 Å². The molecule has 1 aromatic carbocycles. The van der Waals surface area contributed by atoms with Crippen molar-refractivity contribution in [1.82, 2.24) is 0 Å². The van der Waals surface area contributed by atoms with E-state index in [0.717, 1.165) is 24.8 Å². The van der Waals surface area contributed by atoms with Gasteiger partial charge in [-0.3, -0.25) is 4.79 Å². The van der Waals surface area contributed by atoms with Crippen LogP contribution in [-0.4, -0.2) is 18.2 Å². The van der Waals surface area contributed by atoms with E-state index in [1.165, 1.54) is 17.5 Å². The first-order valence-corrected chi connectivity index (χ1v) is 7.02. The zero-order valence-corrected chi connectivity index (χ0v) is 12.1. The van der Waals surface area contributed by atoms with Gasteiger partial charge in [0.2, 0.25) is 0 Å². The van der Waals surface area contributed by atoms with Crippen molar-refractivity contribution < 1.29 is 14.6 Å². The molecule has 0 aromatic heterocycles. The number of hydrogen-bond acceptors (Lipinski definition) is 2. The zero-order valence-electron chi connectivity index (χ0n) is 11.3. The van der Waals surface area contributed by atoms with E-state index in [2.05, 4.69) is 6.07 Å². The third-order valence-corrected chi connectivity index (χ3v) is 4.17. The Morgan fingerprint density at radius 1 is 1.47 bits per heavy atom. The van der Waals surface area contributed by atoms with Gasteiger partial charge in [0.25, 0.3) is 0 Å². The molecule has 3 nitrogen and oxygen atoms in total. The Morgan fingerprint density at radius 2 is 2.16 bits per heavy atom. The summed E-state index contributed by atoms with van der Waals surface area (Å²) in [4.78, 5) is 11.0. The van der Waals surface area contributed by atoms with Crippen LogP contribution in [0.5, 0.6) is 5.75 Å². The van der Waals surface area contributed by atoms with Gasteiger partial charge in [0, 0.05) is 0 Å². The molecule has 0 bridgehead atoms. The molecule has 19 heavy (non-hydrogen) atoms. The van der Waals surface area contributed by atoms with Gasteiger partial charge in [0.1, 0.15) is 5.75 Å². The van der Waals surface area contributed by atoms with E-state index in [1.807, 2.05) is 0 Å². The predicted octanol–water partition coefficient (Wildman–Crippen LogP) is 3.49. The number of carboxylic acids is 1. The van der Waals surface area contributed by atoms with Crippen LogP contribution in [0.4, 0.5) is 0 Å². The van der Waals surface area contributed by atoms with E-state index in [9.17, 15) is 4.79 Å². The maximum absolute atomic E-state index is 11.0. The van der Waals surface area contributed by atoms with Gasteiger partial charge in [-0.25, -0.2) is 0 Å². The van der Waals surface area contributed by atoms with Gasteiger partial charge in [-0.05, 0) is 48.8 Å². The van der Waals surface area contributed by atoms with Crippen molar-refractivity contribution in [2.75, 3.05) is 7.11 Å². The van der Waals surface area contributed by atoms with E-state index in [0.29, 0.717) is 17.2 Å². The zero-order chi connectivity index (χ0) is 14.0. The number of halogens is 1. The highest BCUT2D eigenvalue weighted by Crippen LogP contribution is 2.38. The minimum Gasteiger partial charge on any atom is -0.495 e. The predicted molar refractivity (Wildman–Crippen MR) is 75.1 cm³/mol. The molecular formula is C15H19ClO3. The number of ether oxygens (including phenoxy) is 1. The summed E-state index contributed by atoms with van der Waals surface area (Å²) in [5.74, 6) is -0.585. The molecule has 1 atom stereocenters. The summed E-state index contributed by atoms with van der Waals surface area (Å²) in [5.41, 5.74) is 3.34. The molecule has 0 saturated heterocycles. The number of hydrogen-bond donors (Lipinski definition) is 1. The minimum atomic E-state index is -0.795. The Balaban J connectivity index is 2.42. The lowest BCUT2D eigenvalue weighted by Gasteiger charge is -2.22. The molecule has 104 valence electrons. The number of aliphatic carboxylic acids is 1. The van der Waals surface area contributed by atoms with Crippen molar-refractivity contribution in [1.29, 1.82) is 0 Å². The third-order valence-electron chi connectivity index (χ3n) is 3.77. The average Bonchev–Trinajstić information content (AvgIpc) is 2.39. The summed E-state index contributed by atoms with van der Waals surface area (Å²) in [6.45, 7) is 1.70. The Labute approximate surface area is 118 Å². The maximum Gasteiger partial charge on any atom is 0.306 e. The Hall–Kier alpha value is -1.22. The summed E-state index contributed by atoms with van der Waals surface area (Å²) in [5, 5.41) is 9.71. The lowest BCUT2D eigenvalue weighted by molar-refractivity contribution is -0.141. The van der Waals surface area contributed by atoms with Crippen LogP contribution in [0.25, 0.3) is 0 Å². The second-order valence-corrected chi connectivity index (χ2v) is 5.55. The Bertz CT molecular complexity index is 497. The molecule has 1 N–H and O–H groups in total. The van der Waals surface area contributed by atoms with Gasteiger partial charge >= 0.3 is 5.97 Å². The van der Waals surface area contributed by atoms with Gasteiger partial charge in [-0.1, -0.05) is 24.6 Å². The van der Waals surface area contributed by atoms with Crippen LogP contribution in [0.2, 0.25) is 5.02 Å². The first kappa shape index (κ1) is 14.2. The molecule has 1 aliphatic rings. The first-order valence-electron chi connectivity index (χ1n) is 6.64. The van der Waals surface area contributed by atoms with Gasteiger partial charge in [0.05, 0.1) is 18.1 Å². The maximum atomic E-state index is 11.0. The highest BCUT2D eigenvalue weighted by atomic mass is 35.5. The Kier molecular flexibility index (Phi) is 4.35. The van der Waals surface area contributed by atoms with Crippen molar-refractivity contribution in [3.63, 3.8) is 0 Å². The van der Waals surface area contributed by atoms with Crippen LogP contribution in [0.15, 0.2) is 6.07 Å². The average molecular weight is 283 g/mol. The van der Waals surface area contributed by atoms with Crippen molar-refractivity contribution in [2.24, 2.45) is 5.92 Å². The summed E-state index contributed by atoms with van der Waals surface area (Å²) >= 11 is 6.42. The standard InChI is InChI=1S/C15H19ClO3/c1-9(15(17)18)7-11-8-10-5-3-4-6-12(10)13(16)14(11)19-2/h8-9H,3-7H2,1-2H3,(H,17,18). The molecule has 4 heteroatoms. The van der Waals surface area contributed by atoms with E-state index in [1.54, 1.807) is 14.0 Å². The molecule has 0 saturated carbocycles. The van der Waals surface area contributed by atoms with Crippen molar-refractivity contribution in [3.8, 4) is 5.75 Å². The summed E-state index contributed by atoms with van der Waals surface area (Å²) in [6.07, 6.45) is 4.78. The number of fused-ring (bicyclic) bond motifs is 1. The van der Waals surface area contributed by atoms with Crippen molar-refractivity contribution in [2.45, 2.75) is 39.0 Å². The topological polar surface area (TPSA) is 46.5 Å². The number of methoxy groups -OCH3 is 1. The summed E-state index contributed by atoms with van der Waals surface area (Å²) in [7, 11) is 1.59. The van der Waals surface area contributed by atoms with Crippen LogP contribution in [0.3, 0.4) is 0 Å². The quantitative estimate of drug-likeness (QED) is 0.919. The monoisotopic (exact) mass is 282 g/mol. The fourth-order valence-electron chi connectivity index (χ4n) is 2.68. The molecule has 1 aromatic rings. The SMILES string of the molecule is COc1c(CC(C)C(=O)O)cc2c(c1Cl)CCCC2. The highest BCUT2D eigenvalue weighted by Gasteiger charge is 2.22. The molecule has 0 aliphatic heterocycles.